The number of rotatable bonds is 5. The SMILES string of the molecule is O=C(Nc1cc(S(=O)(=O)Nc2cccc(Cl)c2)ccc1Cl)c1cccc(C(F)(F)F)c1. The zero-order chi connectivity index (χ0) is 22.8. The molecule has 2 N–H and O–H groups in total. The maximum atomic E-state index is 12.9. The average Bonchev–Trinajstić information content (AvgIpc) is 2.68. The van der Waals surface area contributed by atoms with Crippen LogP contribution >= 0.6 is 23.2 Å². The lowest BCUT2D eigenvalue weighted by Crippen LogP contribution is -2.16. The predicted molar refractivity (Wildman–Crippen MR) is 113 cm³/mol. The Labute approximate surface area is 185 Å². The third kappa shape index (κ3) is 5.69. The average molecular weight is 489 g/mol. The number of anilines is 2. The summed E-state index contributed by atoms with van der Waals surface area (Å²) in [4.78, 5) is 12.2. The highest BCUT2D eigenvalue weighted by atomic mass is 35.5. The fourth-order valence-electron chi connectivity index (χ4n) is 2.56. The zero-order valence-corrected chi connectivity index (χ0v) is 17.7. The van der Waals surface area contributed by atoms with Crippen LogP contribution in [0, 0.1) is 0 Å². The first-order valence-electron chi connectivity index (χ1n) is 8.52. The van der Waals surface area contributed by atoms with E-state index in [9.17, 15) is 26.4 Å². The minimum Gasteiger partial charge on any atom is -0.321 e. The lowest BCUT2D eigenvalue weighted by atomic mass is 10.1. The van der Waals surface area contributed by atoms with Crippen molar-refractivity contribution < 1.29 is 26.4 Å². The van der Waals surface area contributed by atoms with E-state index < -0.39 is 27.7 Å². The van der Waals surface area contributed by atoms with Crippen LogP contribution in [-0.2, 0) is 16.2 Å². The van der Waals surface area contributed by atoms with Gasteiger partial charge >= 0.3 is 6.18 Å². The van der Waals surface area contributed by atoms with Gasteiger partial charge in [0.05, 0.1) is 26.9 Å². The molecule has 0 saturated carbocycles. The summed E-state index contributed by atoms with van der Waals surface area (Å²) in [6, 6.07) is 13.4. The zero-order valence-electron chi connectivity index (χ0n) is 15.4. The quantitative estimate of drug-likeness (QED) is 0.457. The molecule has 5 nitrogen and oxygen atoms in total. The molecule has 162 valence electrons. The van der Waals surface area contributed by atoms with Crippen LogP contribution in [0.3, 0.4) is 0 Å². The maximum Gasteiger partial charge on any atom is 0.416 e. The molecule has 0 radical (unpaired) electrons. The van der Waals surface area contributed by atoms with Crippen LogP contribution < -0.4 is 10.0 Å². The minimum atomic E-state index is -4.62. The lowest BCUT2D eigenvalue weighted by molar-refractivity contribution is -0.137. The fraction of sp³-hybridized carbons (Fsp3) is 0.0500. The minimum absolute atomic E-state index is 0.00188. The molecule has 0 atom stereocenters. The smallest absolute Gasteiger partial charge is 0.321 e. The van der Waals surface area contributed by atoms with Gasteiger partial charge in [-0.25, -0.2) is 8.42 Å². The first-order chi connectivity index (χ1) is 14.5. The van der Waals surface area contributed by atoms with Crippen molar-refractivity contribution in [1.82, 2.24) is 0 Å². The molecule has 0 saturated heterocycles. The number of alkyl halides is 3. The van der Waals surface area contributed by atoms with E-state index in [1.54, 1.807) is 12.1 Å². The second-order valence-corrected chi connectivity index (χ2v) is 8.82. The van der Waals surface area contributed by atoms with E-state index in [1.165, 1.54) is 30.3 Å². The summed E-state index contributed by atoms with van der Waals surface area (Å²) in [6.07, 6.45) is -4.62. The Bertz CT molecular complexity index is 1250. The molecule has 31 heavy (non-hydrogen) atoms. The van der Waals surface area contributed by atoms with Crippen molar-refractivity contribution in [2.45, 2.75) is 11.1 Å². The molecule has 1 amide bonds. The van der Waals surface area contributed by atoms with Gasteiger partial charge in [0.25, 0.3) is 15.9 Å². The third-order valence-corrected chi connectivity index (χ3v) is 5.97. The van der Waals surface area contributed by atoms with Gasteiger partial charge < -0.3 is 5.32 Å². The first kappa shape index (κ1) is 22.9. The Morgan fingerprint density at radius 1 is 0.903 bits per heavy atom. The van der Waals surface area contributed by atoms with Crippen molar-refractivity contribution in [3.63, 3.8) is 0 Å². The Morgan fingerprint density at radius 3 is 2.29 bits per heavy atom. The highest BCUT2D eigenvalue weighted by Gasteiger charge is 2.31. The van der Waals surface area contributed by atoms with E-state index in [2.05, 4.69) is 10.0 Å². The molecule has 11 heteroatoms. The number of carbonyl (C=O) groups excluding carboxylic acids is 1. The molecule has 0 heterocycles. The molecule has 3 aromatic carbocycles. The topological polar surface area (TPSA) is 75.3 Å². The molecule has 0 spiro atoms. The number of carbonyl (C=O) groups is 1. The van der Waals surface area contributed by atoms with Crippen LogP contribution in [0.15, 0.2) is 71.6 Å². The van der Waals surface area contributed by atoms with Crippen LogP contribution in [0.25, 0.3) is 0 Å². The number of hydrogen-bond donors (Lipinski definition) is 2. The molecule has 0 aliphatic carbocycles. The second kappa shape index (κ2) is 8.78. The monoisotopic (exact) mass is 488 g/mol. The standard InChI is InChI=1S/C20H13Cl2F3N2O3S/c21-14-5-2-6-15(10-14)27-31(29,30)16-7-8-17(22)18(11-16)26-19(28)12-3-1-4-13(9-12)20(23,24)25/h1-11,27H,(H,26,28). The number of nitrogens with one attached hydrogen (secondary N) is 2. The maximum absolute atomic E-state index is 12.9. The lowest BCUT2D eigenvalue weighted by Gasteiger charge is -2.13. The van der Waals surface area contributed by atoms with E-state index in [0.29, 0.717) is 11.1 Å². The van der Waals surface area contributed by atoms with Crippen molar-refractivity contribution in [2.75, 3.05) is 10.0 Å². The third-order valence-electron chi connectivity index (χ3n) is 4.03. The second-order valence-electron chi connectivity index (χ2n) is 6.29. The molecular formula is C20H13Cl2F3N2O3S. The number of hydrogen-bond acceptors (Lipinski definition) is 3. The van der Waals surface area contributed by atoms with Gasteiger partial charge in [0.1, 0.15) is 0 Å². The van der Waals surface area contributed by atoms with Gasteiger partial charge in [-0.2, -0.15) is 13.2 Å². The summed E-state index contributed by atoms with van der Waals surface area (Å²) >= 11 is 11.9. The fourth-order valence-corrected chi connectivity index (χ4v) is 4.00. The van der Waals surface area contributed by atoms with Crippen LogP contribution in [0.2, 0.25) is 10.0 Å². The van der Waals surface area contributed by atoms with E-state index in [1.807, 2.05) is 0 Å². The summed E-state index contributed by atoms with van der Waals surface area (Å²) < 4.78 is 66.3. The van der Waals surface area contributed by atoms with Crippen molar-refractivity contribution >= 4 is 50.5 Å². The van der Waals surface area contributed by atoms with Gasteiger partial charge in [0.2, 0.25) is 0 Å². The van der Waals surface area contributed by atoms with Crippen LogP contribution in [-0.4, -0.2) is 14.3 Å². The Hall–Kier alpha value is -2.75. The largest absolute Gasteiger partial charge is 0.416 e. The number of benzene rings is 3. The van der Waals surface area contributed by atoms with Gasteiger partial charge in [-0.15, -0.1) is 0 Å². The number of halogens is 5. The normalized spacial score (nSPS) is 11.8. The molecule has 3 rings (SSSR count). The van der Waals surface area contributed by atoms with Gasteiger partial charge in [0.15, 0.2) is 0 Å². The van der Waals surface area contributed by atoms with Crippen LogP contribution in [0.4, 0.5) is 24.5 Å². The van der Waals surface area contributed by atoms with Crippen molar-refractivity contribution in [1.29, 1.82) is 0 Å². The summed E-state index contributed by atoms with van der Waals surface area (Å²) in [7, 11) is -4.06. The van der Waals surface area contributed by atoms with Crippen molar-refractivity contribution in [3.8, 4) is 0 Å². The van der Waals surface area contributed by atoms with Crippen LogP contribution in [0.5, 0.6) is 0 Å². The Balaban J connectivity index is 1.87. The predicted octanol–water partition coefficient (Wildman–Crippen LogP) is 6.07. The van der Waals surface area contributed by atoms with E-state index in [0.717, 1.165) is 18.2 Å². The van der Waals surface area contributed by atoms with Crippen molar-refractivity contribution in [3.05, 3.63) is 87.9 Å². The molecular weight excluding hydrogens is 476 g/mol. The van der Waals surface area contributed by atoms with Gasteiger partial charge in [0, 0.05) is 10.6 Å². The molecule has 3 aromatic rings. The summed E-state index contributed by atoms with van der Waals surface area (Å²) in [5, 5.41) is 2.67. The molecule has 0 fully saturated rings. The molecule has 0 aliphatic rings. The summed E-state index contributed by atoms with van der Waals surface area (Å²) in [5.74, 6) is -0.884. The van der Waals surface area contributed by atoms with Crippen molar-refractivity contribution in [2.24, 2.45) is 0 Å². The molecule has 0 unspecified atom stereocenters. The Kier molecular flexibility index (Phi) is 6.49. The van der Waals surface area contributed by atoms with Crippen LogP contribution in [0.1, 0.15) is 15.9 Å². The summed E-state index contributed by atoms with van der Waals surface area (Å²) in [6.45, 7) is 0. The highest BCUT2D eigenvalue weighted by molar-refractivity contribution is 7.92. The van der Waals surface area contributed by atoms with Gasteiger partial charge in [-0.3, -0.25) is 9.52 Å². The van der Waals surface area contributed by atoms with E-state index in [-0.39, 0.29) is 26.9 Å². The van der Waals surface area contributed by atoms with Gasteiger partial charge in [-0.05, 0) is 54.6 Å². The highest BCUT2D eigenvalue weighted by Crippen LogP contribution is 2.31. The van der Waals surface area contributed by atoms with Gasteiger partial charge in [-0.1, -0.05) is 35.3 Å². The van der Waals surface area contributed by atoms with E-state index >= 15 is 0 Å². The number of sulfonamides is 1. The summed E-state index contributed by atoms with van der Waals surface area (Å²) in [5.41, 5.74) is -1.13. The molecule has 0 aromatic heterocycles. The first-order valence-corrected chi connectivity index (χ1v) is 10.8. The molecule has 0 bridgehead atoms. The molecule has 0 aliphatic heterocycles. The number of amides is 1. The Morgan fingerprint density at radius 2 is 1.61 bits per heavy atom. The van der Waals surface area contributed by atoms with E-state index in [4.69, 9.17) is 23.2 Å².